The lowest BCUT2D eigenvalue weighted by Gasteiger charge is -2.36. The van der Waals surface area contributed by atoms with E-state index in [4.69, 9.17) is 9.47 Å². The van der Waals surface area contributed by atoms with Gasteiger partial charge in [0.25, 0.3) is 0 Å². The summed E-state index contributed by atoms with van der Waals surface area (Å²) in [5, 5.41) is 3.17. The Labute approximate surface area is 119 Å². The van der Waals surface area contributed by atoms with Crippen LogP contribution in [0.25, 0.3) is 0 Å². The predicted molar refractivity (Wildman–Crippen MR) is 77.4 cm³/mol. The van der Waals surface area contributed by atoms with Crippen molar-refractivity contribution in [2.45, 2.75) is 39.3 Å². The van der Waals surface area contributed by atoms with Gasteiger partial charge in [0.1, 0.15) is 0 Å². The Bertz CT molecular complexity index is 443. The number of hydrogen-bond donors (Lipinski definition) is 1. The van der Waals surface area contributed by atoms with Crippen LogP contribution in [0.1, 0.15) is 27.2 Å². The van der Waals surface area contributed by atoms with Crippen molar-refractivity contribution in [1.29, 1.82) is 0 Å². The van der Waals surface area contributed by atoms with Gasteiger partial charge in [0.15, 0.2) is 0 Å². The maximum atomic E-state index is 5.63. The Hall–Kier alpha value is -1.63. The van der Waals surface area contributed by atoms with Crippen LogP contribution in [0, 0.1) is 0 Å². The van der Waals surface area contributed by atoms with Gasteiger partial charge in [-0.25, -0.2) is 0 Å². The molecule has 1 aliphatic rings. The van der Waals surface area contributed by atoms with Crippen molar-refractivity contribution in [3.05, 3.63) is 0 Å². The van der Waals surface area contributed by atoms with Gasteiger partial charge in [-0.2, -0.15) is 15.0 Å². The number of ether oxygens (including phenoxy) is 2. The van der Waals surface area contributed by atoms with Crippen molar-refractivity contribution >= 4 is 11.9 Å². The topological polar surface area (TPSA) is 72.4 Å². The van der Waals surface area contributed by atoms with Crippen LogP contribution in [0.2, 0.25) is 0 Å². The molecule has 0 amide bonds. The maximum absolute atomic E-state index is 5.63. The van der Waals surface area contributed by atoms with E-state index in [0.29, 0.717) is 24.5 Å². The SMILES string of the molecule is CCCNc1nc(OC)nc(N2CC(C)OCC2C)n1. The van der Waals surface area contributed by atoms with Crippen molar-refractivity contribution in [2.24, 2.45) is 0 Å². The molecule has 0 spiro atoms. The van der Waals surface area contributed by atoms with Crippen LogP contribution in [-0.2, 0) is 4.74 Å². The van der Waals surface area contributed by atoms with Crippen molar-refractivity contribution in [3.63, 3.8) is 0 Å². The molecule has 1 fully saturated rings. The number of hydrogen-bond acceptors (Lipinski definition) is 7. The monoisotopic (exact) mass is 281 g/mol. The van der Waals surface area contributed by atoms with E-state index in [9.17, 15) is 0 Å². The minimum atomic E-state index is 0.168. The number of nitrogens with zero attached hydrogens (tertiary/aromatic N) is 4. The van der Waals surface area contributed by atoms with E-state index in [1.165, 1.54) is 0 Å². The summed E-state index contributed by atoms with van der Waals surface area (Å²) >= 11 is 0. The predicted octanol–water partition coefficient (Wildman–Crippen LogP) is 1.32. The lowest BCUT2D eigenvalue weighted by atomic mass is 10.2. The van der Waals surface area contributed by atoms with Gasteiger partial charge in [0, 0.05) is 13.1 Å². The molecule has 0 saturated carbocycles. The standard InChI is InChI=1S/C13H23N5O2/c1-5-6-14-11-15-12(17-13(16-11)19-4)18-7-10(3)20-8-9(18)2/h9-10H,5-8H2,1-4H3,(H,14,15,16,17). The van der Waals surface area contributed by atoms with E-state index in [1.54, 1.807) is 7.11 Å². The summed E-state index contributed by atoms with van der Waals surface area (Å²) in [5.41, 5.74) is 0. The Balaban J connectivity index is 2.24. The second-order valence-electron chi connectivity index (χ2n) is 5.02. The van der Waals surface area contributed by atoms with Crippen LogP contribution < -0.4 is 15.0 Å². The van der Waals surface area contributed by atoms with E-state index < -0.39 is 0 Å². The minimum Gasteiger partial charge on any atom is -0.467 e. The summed E-state index contributed by atoms with van der Waals surface area (Å²) in [6.45, 7) is 8.50. The zero-order valence-electron chi connectivity index (χ0n) is 12.6. The molecule has 2 unspecified atom stereocenters. The van der Waals surface area contributed by atoms with Gasteiger partial charge in [0.2, 0.25) is 11.9 Å². The third kappa shape index (κ3) is 3.47. The molecule has 2 rings (SSSR count). The summed E-state index contributed by atoms with van der Waals surface area (Å²) in [6, 6.07) is 0.567. The van der Waals surface area contributed by atoms with Crippen LogP contribution in [0.3, 0.4) is 0 Å². The Morgan fingerprint density at radius 3 is 2.85 bits per heavy atom. The zero-order chi connectivity index (χ0) is 14.5. The largest absolute Gasteiger partial charge is 0.467 e. The van der Waals surface area contributed by atoms with Gasteiger partial charge in [-0.1, -0.05) is 6.92 Å². The molecule has 0 bridgehead atoms. The number of nitrogens with one attached hydrogen (secondary N) is 1. The third-order valence-corrected chi connectivity index (χ3v) is 3.18. The molecule has 1 aromatic rings. The van der Waals surface area contributed by atoms with E-state index in [-0.39, 0.29) is 12.1 Å². The molecule has 7 heteroatoms. The van der Waals surface area contributed by atoms with E-state index in [1.807, 2.05) is 6.92 Å². The highest BCUT2D eigenvalue weighted by Crippen LogP contribution is 2.21. The van der Waals surface area contributed by atoms with E-state index >= 15 is 0 Å². The third-order valence-electron chi connectivity index (χ3n) is 3.18. The summed E-state index contributed by atoms with van der Waals surface area (Å²) < 4.78 is 10.8. The first kappa shape index (κ1) is 14.8. The fraction of sp³-hybridized carbons (Fsp3) is 0.769. The highest BCUT2D eigenvalue weighted by Gasteiger charge is 2.26. The molecule has 2 heterocycles. The molecule has 1 aliphatic heterocycles. The highest BCUT2D eigenvalue weighted by molar-refractivity contribution is 5.40. The molecule has 7 nitrogen and oxygen atoms in total. The summed E-state index contributed by atoms with van der Waals surface area (Å²) in [6.07, 6.45) is 1.18. The van der Waals surface area contributed by atoms with Crippen LogP contribution in [-0.4, -0.2) is 53.9 Å². The second-order valence-corrected chi connectivity index (χ2v) is 5.02. The molecule has 1 aromatic heterocycles. The normalized spacial score (nSPS) is 22.7. The molecular formula is C13H23N5O2. The fourth-order valence-electron chi connectivity index (χ4n) is 2.06. The van der Waals surface area contributed by atoms with Crippen molar-refractivity contribution < 1.29 is 9.47 Å². The van der Waals surface area contributed by atoms with Gasteiger partial charge in [-0.3, -0.25) is 0 Å². The molecule has 112 valence electrons. The molecule has 0 aliphatic carbocycles. The lowest BCUT2D eigenvalue weighted by Crippen LogP contribution is -2.48. The van der Waals surface area contributed by atoms with Gasteiger partial charge < -0.3 is 19.7 Å². The molecule has 0 radical (unpaired) electrons. The maximum Gasteiger partial charge on any atom is 0.322 e. The molecule has 20 heavy (non-hydrogen) atoms. The van der Waals surface area contributed by atoms with Gasteiger partial charge in [0.05, 0.1) is 25.9 Å². The fourth-order valence-corrected chi connectivity index (χ4v) is 2.06. The van der Waals surface area contributed by atoms with Crippen molar-refractivity contribution in [3.8, 4) is 6.01 Å². The first-order valence-corrected chi connectivity index (χ1v) is 7.06. The Morgan fingerprint density at radius 1 is 1.35 bits per heavy atom. The van der Waals surface area contributed by atoms with E-state index in [0.717, 1.165) is 19.5 Å². The molecular weight excluding hydrogens is 258 g/mol. The minimum absolute atomic E-state index is 0.168. The first-order valence-electron chi connectivity index (χ1n) is 7.06. The lowest BCUT2D eigenvalue weighted by molar-refractivity contribution is 0.0336. The van der Waals surface area contributed by atoms with Gasteiger partial charge >= 0.3 is 6.01 Å². The van der Waals surface area contributed by atoms with Crippen molar-refractivity contribution in [2.75, 3.05) is 37.0 Å². The van der Waals surface area contributed by atoms with Crippen LogP contribution >= 0.6 is 0 Å². The smallest absolute Gasteiger partial charge is 0.322 e. The Morgan fingerprint density at radius 2 is 2.15 bits per heavy atom. The van der Waals surface area contributed by atoms with Crippen LogP contribution in [0.4, 0.5) is 11.9 Å². The van der Waals surface area contributed by atoms with Gasteiger partial charge in [-0.15, -0.1) is 0 Å². The average Bonchev–Trinajstić information content (AvgIpc) is 2.47. The zero-order valence-corrected chi connectivity index (χ0v) is 12.6. The molecule has 0 aromatic carbocycles. The van der Waals surface area contributed by atoms with Gasteiger partial charge in [-0.05, 0) is 20.3 Å². The summed E-state index contributed by atoms with van der Waals surface area (Å²) in [4.78, 5) is 15.2. The number of methoxy groups -OCH3 is 1. The Kier molecular flexibility index (Phi) is 4.94. The quantitative estimate of drug-likeness (QED) is 0.872. The highest BCUT2D eigenvalue weighted by atomic mass is 16.5. The second kappa shape index (κ2) is 6.69. The number of rotatable bonds is 5. The molecule has 1 N–H and O–H groups in total. The van der Waals surface area contributed by atoms with E-state index in [2.05, 4.69) is 39.0 Å². The summed E-state index contributed by atoms with van der Waals surface area (Å²) in [5.74, 6) is 1.19. The summed E-state index contributed by atoms with van der Waals surface area (Å²) in [7, 11) is 1.56. The average molecular weight is 281 g/mol. The van der Waals surface area contributed by atoms with Crippen LogP contribution in [0.5, 0.6) is 6.01 Å². The first-order chi connectivity index (χ1) is 9.63. The van der Waals surface area contributed by atoms with Crippen molar-refractivity contribution in [1.82, 2.24) is 15.0 Å². The number of aromatic nitrogens is 3. The van der Waals surface area contributed by atoms with Crippen LogP contribution in [0.15, 0.2) is 0 Å². The number of anilines is 2. The molecule has 1 saturated heterocycles. The molecule has 2 atom stereocenters. The number of morpholine rings is 1.